The van der Waals surface area contributed by atoms with Crippen LogP contribution in [0, 0.1) is 5.82 Å². The van der Waals surface area contributed by atoms with E-state index in [0.29, 0.717) is 0 Å². The number of sulfonamides is 1. The van der Waals surface area contributed by atoms with Crippen LogP contribution >= 0.6 is 11.6 Å². The van der Waals surface area contributed by atoms with Crippen LogP contribution in [0.5, 0.6) is 0 Å². The van der Waals surface area contributed by atoms with Crippen LogP contribution < -0.4 is 9.62 Å². The molecule has 174 valence electrons. The number of carbonyl (C=O) groups excluding carboxylic acids is 2. The van der Waals surface area contributed by atoms with Crippen molar-refractivity contribution in [2.24, 2.45) is 0 Å². The van der Waals surface area contributed by atoms with Crippen molar-refractivity contribution in [3.63, 3.8) is 0 Å². The average Bonchev–Trinajstić information content (AvgIpc) is 2.71. The van der Waals surface area contributed by atoms with E-state index < -0.39 is 34.3 Å². The van der Waals surface area contributed by atoms with Crippen molar-refractivity contribution in [1.29, 1.82) is 0 Å². The standard InChI is InChI=1S/C22H27ClFN3O4S/c1-15(2)25-22(29)16(3)26(13-17-8-6-5-7-9-17)21(28)14-27(32(4,30)31)18-10-11-20(24)19(23)12-18/h5-12,15-16H,13-14H2,1-4H3,(H,25,29)/t16-/m1/s1. The summed E-state index contributed by atoms with van der Waals surface area (Å²) in [4.78, 5) is 27.2. The molecule has 0 aliphatic carbocycles. The van der Waals surface area contributed by atoms with Gasteiger partial charge < -0.3 is 10.2 Å². The Morgan fingerprint density at radius 3 is 2.25 bits per heavy atom. The summed E-state index contributed by atoms with van der Waals surface area (Å²) < 4.78 is 39.3. The van der Waals surface area contributed by atoms with Gasteiger partial charge in [0.1, 0.15) is 18.4 Å². The molecule has 10 heteroatoms. The van der Waals surface area contributed by atoms with Gasteiger partial charge in [0.05, 0.1) is 17.0 Å². The summed E-state index contributed by atoms with van der Waals surface area (Å²) in [5, 5.41) is 2.50. The maximum atomic E-state index is 13.6. The molecule has 0 aliphatic heterocycles. The van der Waals surface area contributed by atoms with Gasteiger partial charge in [0.15, 0.2) is 0 Å². The van der Waals surface area contributed by atoms with Crippen LogP contribution in [0.2, 0.25) is 5.02 Å². The molecule has 2 amide bonds. The van der Waals surface area contributed by atoms with E-state index >= 15 is 0 Å². The van der Waals surface area contributed by atoms with E-state index in [-0.39, 0.29) is 29.2 Å². The molecular formula is C22H27ClFN3O4S. The van der Waals surface area contributed by atoms with Crippen LogP contribution in [0.3, 0.4) is 0 Å². The zero-order chi connectivity index (χ0) is 24.1. The van der Waals surface area contributed by atoms with Gasteiger partial charge in [-0.1, -0.05) is 41.9 Å². The van der Waals surface area contributed by atoms with Crippen molar-refractivity contribution in [1.82, 2.24) is 10.2 Å². The number of anilines is 1. The monoisotopic (exact) mass is 483 g/mol. The molecule has 1 atom stereocenters. The Labute approximate surface area is 193 Å². The van der Waals surface area contributed by atoms with Crippen molar-refractivity contribution in [2.45, 2.75) is 39.4 Å². The highest BCUT2D eigenvalue weighted by Crippen LogP contribution is 2.25. The average molecular weight is 484 g/mol. The maximum absolute atomic E-state index is 13.6. The first-order valence-corrected chi connectivity index (χ1v) is 12.2. The molecule has 0 bridgehead atoms. The van der Waals surface area contributed by atoms with E-state index in [1.165, 1.54) is 11.0 Å². The Balaban J connectivity index is 2.38. The fraction of sp³-hybridized carbons (Fsp3) is 0.364. The topological polar surface area (TPSA) is 86.8 Å². The predicted octanol–water partition coefficient (Wildman–Crippen LogP) is 3.19. The molecule has 0 aliphatic rings. The molecule has 2 rings (SSSR count). The number of rotatable bonds is 9. The minimum atomic E-state index is -3.91. The van der Waals surface area contributed by atoms with Crippen LogP contribution in [0.15, 0.2) is 48.5 Å². The van der Waals surface area contributed by atoms with Gasteiger partial charge in [-0.05, 0) is 44.5 Å². The number of nitrogens with one attached hydrogen (secondary N) is 1. The number of amides is 2. The number of hydrogen-bond acceptors (Lipinski definition) is 4. The van der Waals surface area contributed by atoms with Crippen molar-refractivity contribution in [3.8, 4) is 0 Å². The Kier molecular flexibility index (Phi) is 8.63. The van der Waals surface area contributed by atoms with Gasteiger partial charge in [0.25, 0.3) is 0 Å². The fourth-order valence-electron chi connectivity index (χ4n) is 3.02. The molecule has 2 aromatic rings. The highest BCUT2D eigenvalue weighted by atomic mass is 35.5. The maximum Gasteiger partial charge on any atom is 0.244 e. The summed E-state index contributed by atoms with van der Waals surface area (Å²) in [5.74, 6) is -1.66. The highest BCUT2D eigenvalue weighted by Gasteiger charge is 2.30. The van der Waals surface area contributed by atoms with Crippen LogP contribution in [0.4, 0.5) is 10.1 Å². The molecule has 2 aromatic carbocycles. The molecule has 0 fully saturated rings. The molecule has 1 N–H and O–H groups in total. The zero-order valence-electron chi connectivity index (χ0n) is 18.4. The molecule has 0 spiro atoms. The molecule has 0 radical (unpaired) electrons. The number of nitrogens with zero attached hydrogens (tertiary/aromatic N) is 2. The first-order valence-electron chi connectivity index (χ1n) is 9.96. The van der Waals surface area contributed by atoms with Crippen LogP contribution in [0.25, 0.3) is 0 Å². The van der Waals surface area contributed by atoms with Gasteiger partial charge in [-0.15, -0.1) is 0 Å². The number of benzene rings is 2. The quantitative estimate of drug-likeness (QED) is 0.593. The molecule has 0 unspecified atom stereocenters. The summed E-state index contributed by atoms with van der Waals surface area (Å²) in [7, 11) is -3.91. The van der Waals surface area contributed by atoms with E-state index in [1.54, 1.807) is 45.0 Å². The fourth-order valence-corrected chi connectivity index (χ4v) is 4.04. The molecule has 0 aromatic heterocycles. The number of halogens is 2. The SMILES string of the molecule is CC(C)NC(=O)[C@@H](C)N(Cc1ccccc1)C(=O)CN(c1ccc(F)c(Cl)c1)S(C)(=O)=O. The van der Waals surface area contributed by atoms with Crippen LogP contribution in [0.1, 0.15) is 26.3 Å². The lowest BCUT2D eigenvalue weighted by molar-refractivity contribution is -0.139. The van der Waals surface area contributed by atoms with Crippen molar-refractivity contribution in [2.75, 3.05) is 17.1 Å². The Morgan fingerprint density at radius 1 is 1.09 bits per heavy atom. The van der Waals surface area contributed by atoms with E-state index in [2.05, 4.69) is 5.32 Å². The number of hydrogen-bond donors (Lipinski definition) is 1. The zero-order valence-corrected chi connectivity index (χ0v) is 20.0. The summed E-state index contributed by atoms with van der Waals surface area (Å²) >= 11 is 5.81. The summed E-state index contributed by atoms with van der Waals surface area (Å²) in [6.07, 6.45) is 0.938. The largest absolute Gasteiger partial charge is 0.352 e. The Hall–Kier alpha value is -2.65. The third kappa shape index (κ3) is 6.93. The molecule has 0 saturated heterocycles. The Bertz CT molecular complexity index is 1060. The van der Waals surface area contributed by atoms with E-state index in [0.717, 1.165) is 28.3 Å². The number of carbonyl (C=O) groups is 2. The smallest absolute Gasteiger partial charge is 0.244 e. The van der Waals surface area contributed by atoms with Crippen LogP contribution in [-0.4, -0.2) is 50.0 Å². The lowest BCUT2D eigenvalue weighted by atomic mass is 10.1. The summed E-state index contributed by atoms with van der Waals surface area (Å²) in [6.45, 7) is 4.72. The van der Waals surface area contributed by atoms with Gasteiger partial charge in [-0.3, -0.25) is 13.9 Å². The summed E-state index contributed by atoms with van der Waals surface area (Å²) in [5.41, 5.74) is 0.826. The lowest BCUT2D eigenvalue weighted by Gasteiger charge is -2.32. The second-order valence-electron chi connectivity index (χ2n) is 7.71. The van der Waals surface area contributed by atoms with Gasteiger partial charge in [0, 0.05) is 12.6 Å². The Morgan fingerprint density at radius 2 is 1.72 bits per heavy atom. The molecule has 0 heterocycles. The highest BCUT2D eigenvalue weighted by molar-refractivity contribution is 7.92. The molecular weight excluding hydrogens is 457 g/mol. The van der Waals surface area contributed by atoms with Crippen molar-refractivity contribution < 1.29 is 22.4 Å². The summed E-state index contributed by atoms with van der Waals surface area (Å²) in [6, 6.07) is 11.5. The first kappa shape index (κ1) is 25.6. The van der Waals surface area contributed by atoms with E-state index in [9.17, 15) is 22.4 Å². The van der Waals surface area contributed by atoms with Crippen LogP contribution in [-0.2, 0) is 26.2 Å². The first-order chi connectivity index (χ1) is 14.9. The normalized spacial score (nSPS) is 12.3. The van der Waals surface area contributed by atoms with E-state index in [1.807, 2.05) is 6.07 Å². The minimum absolute atomic E-state index is 0.0474. The van der Waals surface area contributed by atoms with E-state index in [4.69, 9.17) is 11.6 Å². The van der Waals surface area contributed by atoms with Crippen molar-refractivity contribution in [3.05, 3.63) is 64.9 Å². The lowest BCUT2D eigenvalue weighted by Crippen LogP contribution is -2.52. The molecule has 7 nitrogen and oxygen atoms in total. The van der Waals surface area contributed by atoms with Gasteiger partial charge in [-0.25, -0.2) is 12.8 Å². The second-order valence-corrected chi connectivity index (χ2v) is 10.0. The molecule has 0 saturated carbocycles. The van der Waals surface area contributed by atoms with Gasteiger partial charge >= 0.3 is 0 Å². The predicted molar refractivity (Wildman–Crippen MR) is 123 cm³/mol. The van der Waals surface area contributed by atoms with Gasteiger partial charge in [-0.2, -0.15) is 0 Å². The third-order valence-electron chi connectivity index (χ3n) is 4.66. The van der Waals surface area contributed by atoms with Crippen molar-refractivity contribution >= 4 is 39.1 Å². The van der Waals surface area contributed by atoms with Gasteiger partial charge in [0.2, 0.25) is 21.8 Å². The minimum Gasteiger partial charge on any atom is -0.352 e. The second kappa shape index (κ2) is 10.8. The molecule has 32 heavy (non-hydrogen) atoms. The third-order valence-corrected chi connectivity index (χ3v) is 6.09.